The number of nitrogens with zero attached hydrogens (tertiary/aromatic N) is 2. The number of hydrogen-bond acceptors (Lipinski definition) is 1. The van der Waals surface area contributed by atoms with Gasteiger partial charge in [0.05, 0.1) is 0 Å². The van der Waals surface area contributed by atoms with Crippen LogP contribution in [0, 0.1) is 0 Å². The van der Waals surface area contributed by atoms with Gasteiger partial charge in [-0.3, -0.25) is 0 Å². The van der Waals surface area contributed by atoms with Crippen molar-refractivity contribution in [3.05, 3.63) is 18.2 Å². The normalized spacial score (nSPS) is 31.0. The van der Waals surface area contributed by atoms with Gasteiger partial charge in [0.15, 0.2) is 0 Å². The fourth-order valence-electron chi connectivity index (χ4n) is 2.62. The van der Waals surface area contributed by atoms with Crippen LogP contribution in [-0.2, 0) is 12.0 Å². The highest BCUT2D eigenvalue weighted by Gasteiger charge is 2.38. The van der Waals surface area contributed by atoms with E-state index in [4.69, 9.17) is 11.6 Å². The molecule has 1 heterocycles. The first-order valence-electron chi connectivity index (χ1n) is 5.81. The molecule has 2 rings (SSSR count). The maximum atomic E-state index is 6.21. The fourth-order valence-corrected chi connectivity index (χ4v) is 3.07. The minimum Gasteiger partial charge on any atom is -0.334 e. The lowest BCUT2D eigenvalue weighted by molar-refractivity contribution is 0.429. The molecule has 0 bridgehead atoms. The standard InChI is InChI=1S/C12H19ClN2/c1-3-7-15-8-6-14-11(15)12(2)5-4-10(13)9-12/h6,8,10H,3-5,7,9H2,1-2H3. The van der Waals surface area contributed by atoms with E-state index in [0.717, 1.165) is 25.8 Å². The summed E-state index contributed by atoms with van der Waals surface area (Å²) in [4.78, 5) is 4.53. The number of alkyl halides is 1. The van der Waals surface area contributed by atoms with Crippen molar-refractivity contribution in [2.24, 2.45) is 0 Å². The number of aryl methyl sites for hydroxylation is 1. The van der Waals surface area contributed by atoms with Crippen LogP contribution in [0.5, 0.6) is 0 Å². The van der Waals surface area contributed by atoms with Crippen LogP contribution in [-0.4, -0.2) is 14.9 Å². The summed E-state index contributed by atoms with van der Waals surface area (Å²) < 4.78 is 2.29. The summed E-state index contributed by atoms with van der Waals surface area (Å²) in [6.45, 7) is 5.56. The Bertz CT molecular complexity index is 334. The van der Waals surface area contributed by atoms with E-state index in [1.54, 1.807) is 0 Å². The Hall–Kier alpha value is -0.500. The predicted octanol–water partition coefficient (Wildman–Crippen LogP) is 3.34. The Morgan fingerprint density at radius 2 is 2.47 bits per heavy atom. The van der Waals surface area contributed by atoms with Crippen LogP contribution in [0.15, 0.2) is 12.4 Å². The quantitative estimate of drug-likeness (QED) is 0.723. The first-order valence-corrected chi connectivity index (χ1v) is 6.25. The molecule has 1 aromatic heterocycles. The van der Waals surface area contributed by atoms with Crippen molar-refractivity contribution in [3.63, 3.8) is 0 Å². The lowest BCUT2D eigenvalue weighted by Crippen LogP contribution is -2.23. The van der Waals surface area contributed by atoms with E-state index in [0.29, 0.717) is 5.38 Å². The van der Waals surface area contributed by atoms with Crippen LogP contribution in [0.25, 0.3) is 0 Å². The molecular weight excluding hydrogens is 208 g/mol. The largest absolute Gasteiger partial charge is 0.334 e. The minimum absolute atomic E-state index is 0.199. The molecule has 2 unspecified atom stereocenters. The molecule has 1 aromatic rings. The van der Waals surface area contributed by atoms with Gasteiger partial charge in [0.1, 0.15) is 5.82 Å². The number of imidazole rings is 1. The molecule has 0 radical (unpaired) electrons. The van der Waals surface area contributed by atoms with Gasteiger partial charge in [-0.1, -0.05) is 13.8 Å². The number of halogens is 1. The topological polar surface area (TPSA) is 17.8 Å². The van der Waals surface area contributed by atoms with Gasteiger partial charge in [-0.2, -0.15) is 0 Å². The molecule has 0 N–H and O–H groups in total. The highest BCUT2D eigenvalue weighted by molar-refractivity contribution is 6.20. The van der Waals surface area contributed by atoms with Gasteiger partial charge in [-0.25, -0.2) is 4.98 Å². The number of hydrogen-bond donors (Lipinski definition) is 0. The van der Waals surface area contributed by atoms with Gasteiger partial charge >= 0.3 is 0 Å². The summed E-state index contributed by atoms with van der Waals surface area (Å²) in [6, 6.07) is 0. The zero-order chi connectivity index (χ0) is 10.9. The maximum Gasteiger partial charge on any atom is 0.114 e. The smallest absolute Gasteiger partial charge is 0.114 e. The number of aromatic nitrogens is 2. The van der Waals surface area contributed by atoms with Gasteiger partial charge < -0.3 is 4.57 Å². The van der Waals surface area contributed by atoms with E-state index in [1.165, 1.54) is 12.2 Å². The second kappa shape index (κ2) is 4.17. The molecule has 0 saturated heterocycles. The molecule has 2 atom stereocenters. The second-order valence-corrected chi connectivity index (χ2v) is 5.46. The van der Waals surface area contributed by atoms with Crippen molar-refractivity contribution in [1.29, 1.82) is 0 Å². The maximum absolute atomic E-state index is 6.21. The average Bonchev–Trinajstić information content (AvgIpc) is 2.75. The monoisotopic (exact) mass is 226 g/mol. The zero-order valence-corrected chi connectivity index (χ0v) is 10.3. The molecule has 2 nitrogen and oxygen atoms in total. The van der Waals surface area contributed by atoms with E-state index >= 15 is 0 Å². The molecule has 15 heavy (non-hydrogen) atoms. The van der Waals surface area contributed by atoms with Gasteiger partial charge in [0, 0.05) is 29.7 Å². The van der Waals surface area contributed by atoms with Crippen LogP contribution in [0.4, 0.5) is 0 Å². The van der Waals surface area contributed by atoms with Crippen molar-refractivity contribution in [2.45, 2.75) is 56.9 Å². The van der Waals surface area contributed by atoms with Crippen LogP contribution in [0.1, 0.15) is 45.4 Å². The fraction of sp³-hybridized carbons (Fsp3) is 0.750. The molecule has 0 amide bonds. The molecule has 1 saturated carbocycles. The molecule has 84 valence electrons. The Morgan fingerprint density at radius 3 is 3.07 bits per heavy atom. The summed E-state index contributed by atoms with van der Waals surface area (Å²) in [7, 11) is 0. The molecule has 1 aliphatic rings. The Labute approximate surface area is 96.7 Å². The first kappa shape index (κ1) is 11.0. The van der Waals surface area contributed by atoms with Crippen molar-refractivity contribution < 1.29 is 0 Å². The molecule has 0 spiro atoms. The summed E-state index contributed by atoms with van der Waals surface area (Å²) in [5.41, 5.74) is 0.199. The van der Waals surface area contributed by atoms with Crippen molar-refractivity contribution in [3.8, 4) is 0 Å². The Balaban J connectivity index is 2.24. The highest BCUT2D eigenvalue weighted by atomic mass is 35.5. The lowest BCUT2D eigenvalue weighted by Gasteiger charge is -2.24. The first-order chi connectivity index (χ1) is 7.15. The second-order valence-electron chi connectivity index (χ2n) is 4.84. The SMILES string of the molecule is CCCn1ccnc1C1(C)CCC(Cl)C1. The van der Waals surface area contributed by atoms with Gasteiger partial charge in [-0.05, 0) is 25.7 Å². The predicted molar refractivity (Wildman–Crippen MR) is 63.4 cm³/mol. The summed E-state index contributed by atoms with van der Waals surface area (Å²) in [5, 5.41) is 0.335. The van der Waals surface area contributed by atoms with Gasteiger partial charge in [-0.15, -0.1) is 11.6 Å². The van der Waals surface area contributed by atoms with Gasteiger partial charge in [0.2, 0.25) is 0 Å². The molecular formula is C12H19ClN2. The summed E-state index contributed by atoms with van der Waals surface area (Å²) in [6.07, 6.45) is 8.52. The average molecular weight is 227 g/mol. The van der Waals surface area contributed by atoms with E-state index in [1.807, 2.05) is 6.20 Å². The third-order valence-electron chi connectivity index (χ3n) is 3.40. The third-order valence-corrected chi connectivity index (χ3v) is 3.77. The van der Waals surface area contributed by atoms with E-state index in [2.05, 4.69) is 29.6 Å². The highest BCUT2D eigenvalue weighted by Crippen LogP contribution is 2.42. The van der Waals surface area contributed by atoms with Crippen LogP contribution in [0.3, 0.4) is 0 Å². The van der Waals surface area contributed by atoms with E-state index < -0.39 is 0 Å². The molecule has 3 heteroatoms. The van der Waals surface area contributed by atoms with Crippen molar-refractivity contribution in [2.75, 3.05) is 0 Å². The van der Waals surface area contributed by atoms with E-state index in [9.17, 15) is 0 Å². The Kier molecular flexibility index (Phi) is 3.06. The molecule has 0 aliphatic heterocycles. The third kappa shape index (κ3) is 2.05. The van der Waals surface area contributed by atoms with Crippen LogP contribution < -0.4 is 0 Å². The van der Waals surface area contributed by atoms with Crippen LogP contribution in [0.2, 0.25) is 0 Å². The van der Waals surface area contributed by atoms with Crippen LogP contribution >= 0.6 is 11.6 Å². The minimum atomic E-state index is 0.199. The van der Waals surface area contributed by atoms with E-state index in [-0.39, 0.29) is 5.41 Å². The molecule has 1 fully saturated rings. The summed E-state index contributed by atoms with van der Waals surface area (Å²) >= 11 is 6.21. The van der Waals surface area contributed by atoms with Crippen molar-refractivity contribution in [1.82, 2.24) is 9.55 Å². The van der Waals surface area contributed by atoms with Gasteiger partial charge in [0.25, 0.3) is 0 Å². The van der Waals surface area contributed by atoms with Crippen molar-refractivity contribution >= 4 is 11.6 Å². The lowest BCUT2D eigenvalue weighted by atomic mass is 9.88. The molecule has 1 aliphatic carbocycles. The molecule has 0 aromatic carbocycles. The zero-order valence-electron chi connectivity index (χ0n) is 9.54. The summed E-state index contributed by atoms with van der Waals surface area (Å²) in [5.74, 6) is 1.23. The Morgan fingerprint density at radius 1 is 1.67 bits per heavy atom. The number of rotatable bonds is 3.